The van der Waals surface area contributed by atoms with Crippen molar-refractivity contribution < 1.29 is 13.2 Å². The number of hydrogen-bond acceptors (Lipinski definition) is 0. The molecule has 1 aliphatic carbocycles. The average molecular weight is 383 g/mol. The van der Waals surface area contributed by atoms with Crippen molar-refractivity contribution in [3.63, 3.8) is 0 Å². The lowest BCUT2D eigenvalue weighted by Crippen LogP contribution is -2.22. The summed E-state index contributed by atoms with van der Waals surface area (Å²) in [4.78, 5) is 0. The molecule has 1 aromatic carbocycles. The van der Waals surface area contributed by atoms with Gasteiger partial charge in [-0.15, -0.1) is 0 Å². The highest BCUT2D eigenvalue weighted by molar-refractivity contribution is 5.38. The smallest absolute Gasteiger partial charge is 0.206 e. The van der Waals surface area contributed by atoms with Gasteiger partial charge in [-0.3, -0.25) is 0 Å². The molecular formula is C24H37F3. The van der Waals surface area contributed by atoms with E-state index in [0.717, 1.165) is 31.2 Å². The summed E-state index contributed by atoms with van der Waals surface area (Å²) < 4.78 is 43.2. The molecular weight excluding hydrogens is 345 g/mol. The molecule has 0 nitrogen and oxygen atoms in total. The minimum Gasteiger partial charge on any atom is -0.206 e. The Bertz CT molecular complexity index is 567. The Morgan fingerprint density at radius 3 is 2.37 bits per heavy atom. The van der Waals surface area contributed by atoms with Gasteiger partial charge in [0.15, 0.2) is 0 Å². The van der Waals surface area contributed by atoms with E-state index in [9.17, 15) is 13.2 Å². The molecule has 1 aliphatic rings. The number of alkyl halides is 2. The van der Waals surface area contributed by atoms with Crippen LogP contribution in [0.4, 0.5) is 13.2 Å². The lowest BCUT2D eigenvalue weighted by molar-refractivity contribution is -0.0586. The van der Waals surface area contributed by atoms with Crippen molar-refractivity contribution in [1.29, 1.82) is 0 Å². The van der Waals surface area contributed by atoms with E-state index < -0.39 is 17.7 Å². The third-order valence-electron chi connectivity index (χ3n) is 6.36. The van der Waals surface area contributed by atoms with Crippen molar-refractivity contribution in [2.45, 2.75) is 97.3 Å². The molecule has 0 heterocycles. The quantitative estimate of drug-likeness (QED) is 0.341. The van der Waals surface area contributed by atoms with Gasteiger partial charge >= 0.3 is 0 Å². The zero-order valence-electron chi connectivity index (χ0n) is 17.4. The highest BCUT2D eigenvalue weighted by Gasteiger charge is 2.49. The lowest BCUT2D eigenvalue weighted by Gasteiger charge is -2.22. The first-order chi connectivity index (χ1) is 12.9. The van der Waals surface area contributed by atoms with Crippen LogP contribution in [-0.2, 0) is 12.3 Å². The van der Waals surface area contributed by atoms with Gasteiger partial charge in [-0.25, -0.2) is 13.2 Å². The monoisotopic (exact) mass is 382 g/mol. The van der Waals surface area contributed by atoms with Gasteiger partial charge in [0.1, 0.15) is 5.82 Å². The Morgan fingerprint density at radius 2 is 1.70 bits per heavy atom. The second kappa shape index (κ2) is 10.5. The van der Waals surface area contributed by atoms with Gasteiger partial charge in [-0.05, 0) is 36.3 Å². The van der Waals surface area contributed by atoms with Crippen LogP contribution in [0.1, 0.15) is 96.1 Å². The minimum atomic E-state index is -3.02. The summed E-state index contributed by atoms with van der Waals surface area (Å²) in [6.45, 7) is 6.77. The fraction of sp³-hybridized carbons (Fsp3) is 0.750. The van der Waals surface area contributed by atoms with Gasteiger partial charge in [-0.2, -0.15) is 0 Å². The van der Waals surface area contributed by atoms with Crippen LogP contribution in [0, 0.1) is 23.6 Å². The van der Waals surface area contributed by atoms with Gasteiger partial charge in [0, 0.05) is 5.92 Å². The molecule has 0 saturated heterocycles. The van der Waals surface area contributed by atoms with E-state index in [1.54, 1.807) is 12.1 Å². The molecule has 0 bridgehead atoms. The first-order valence-corrected chi connectivity index (χ1v) is 11.1. The molecule has 3 heteroatoms. The van der Waals surface area contributed by atoms with Gasteiger partial charge in [0.25, 0.3) is 5.92 Å². The fourth-order valence-electron chi connectivity index (χ4n) is 4.88. The Morgan fingerprint density at radius 1 is 1.00 bits per heavy atom. The molecule has 3 unspecified atom stereocenters. The molecule has 1 aromatic rings. The summed E-state index contributed by atoms with van der Waals surface area (Å²) in [5, 5.41) is 0. The van der Waals surface area contributed by atoms with Crippen LogP contribution >= 0.6 is 0 Å². The first kappa shape index (κ1) is 22.3. The third kappa shape index (κ3) is 5.99. The maximum atomic E-state index is 14.7. The number of fused-ring (bicyclic) bond motifs is 1. The third-order valence-corrected chi connectivity index (χ3v) is 6.36. The SMILES string of the molecule is CCCC(C)CCCC(CCC)CCCC1Cc2cccc(F)c2C1(F)F. The minimum absolute atomic E-state index is 0.313. The molecule has 154 valence electrons. The zero-order valence-corrected chi connectivity index (χ0v) is 17.4. The van der Waals surface area contributed by atoms with Crippen LogP contribution in [0.3, 0.4) is 0 Å². The second-order valence-corrected chi connectivity index (χ2v) is 8.71. The largest absolute Gasteiger partial charge is 0.279 e. The van der Waals surface area contributed by atoms with Crippen molar-refractivity contribution in [2.24, 2.45) is 17.8 Å². The van der Waals surface area contributed by atoms with E-state index in [2.05, 4.69) is 20.8 Å². The van der Waals surface area contributed by atoms with Crippen LogP contribution < -0.4 is 0 Å². The molecule has 0 amide bonds. The second-order valence-electron chi connectivity index (χ2n) is 8.71. The number of benzene rings is 1. The summed E-state index contributed by atoms with van der Waals surface area (Å²) in [7, 11) is 0. The summed E-state index contributed by atoms with van der Waals surface area (Å²) >= 11 is 0. The van der Waals surface area contributed by atoms with E-state index >= 15 is 0 Å². The fourth-order valence-corrected chi connectivity index (χ4v) is 4.88. The van der Waals surface area contributed by atoms with Gasteiger partial charge in [-0.1, -0.05) is 90.7 Å². The topological polar surface area (TPSA) is 0 Å². The molecule has 0 spiro atoms. The Kier molecular flexibility index (Phi) is 8.69. The van der Waals surface area contributed by atoms with Crippen molar-refractivity contribution in [3.8, 4) is 0 Å². The lowest BCUT2D eigenvalue weighted by atomic mass is 9.87. The molecule has 0 aromatic heterocycles. The van der Waals surface area contributed by atoms with Crippen molar-refractivity contribution in [1.82, 2.24) is 0 Å². The summed E-state index contributed by atoms with van der Waals surface area (Å²) in [6.07, 6.45) is 11.3. The molecule has 0 saturated carbocycles. The van der Waals surface area contributed by atoms with Crippen molar-refractivity contribution >= 4 is 0 Å². The van der Waals surface area contributed by atoms with Gasteiger partial charge in [0.05, 0.1) is 5.56 Å². The molecule has 0 radical (unpaired) electrons. The highest BCUT2D eigenvalue weighted by Crippen LogP contribution is 2.49. The van der Waals surface area contributed by atoms with Gasteiger partial charge < -0.3 is 0 Å². The van der Waals surface area contributed by atoms with E-state index in [1.165, 1.54) is 38.5 Å². The number of halogens is 3. The predicted octanol–water partition coefficient (Wildman–Crippen LogP) is 8.28. The van der Waals surface area contributed by atoms with E-state index in [4.69, 9.17) is 0 Å². The summed E-state index contributed by atoms with van der Waals surface area (Å²) in [5.74, 6) is -3.06. The van der Waals surface area contributed by atoms with Crippen LogP contribution in [0.2, 0.25) is 0 Å². The summed E-state index contributed by atoms with van der Waals surface area (Å²) in [5.41, 5.74) is 0.157. The van der Waals surface area contributed by atoms with Crippen LogP contribution in [0.25, 0.3) is 0 Å². The standard InChI is InChI=1S/C24H37F3/c1-4-9-18(3)11-6-12-19(10-5-2)13-7-15-21-17-20-14-8-16-22(25)23(20)24(21,26)27/h8,14,16,18-19,21H,4-7,9-13,15,17H2,1-3H3. The Labute approximate surface area is 163 Å². The van der Waals surface area contributed by atoms with Crippen LogP contribution in [-0.4, -0.2) is 0 Å². The molecule has 0 aliphatic heterocycles. The van der Waals surface area contributed by atoms with Gasteiger partial charge in [0.2, 0.25) is 0 Å². The highest BCUT2D eigenvalue weighted by atomic mass is 19.3. The maximum Gasteiger partial charge on any atom is 0.279 e. The average Bonchev–Trinajstić information content (AvgIpc) is 2.86. The number of hydrogen-bond donors (Lipinski definition) is 0. The van der Waals surface area contributed by atoms with E-state index in [0.29, 0.717) is 24.3 Å². The maximum absolute atomic E-state index is 14.7. The molecule has 2 rings (SSSR count). The zero-order chi connectivity index (χ0) is 19.9. The first-order valence-electron chi connectivity index (χ1n) is 11.1. The Balaban J connectivity index is 1.80. The van der Waals surface area contributed by atoms with E-state index in [-0.39, 0.29) is 5.56 Å². The summed E-state index contributed by atoms with van der Waals surface area (Å²) in [6, 6.07) is 4.36. The van der Waals surface area contributed by atoms with Crippen LogP contribution in [0.15, 0.2) is 18.2 Å². The van der Waals surface area contributed by atoms with Crippen molar-refractivity contribution in [3.05, 3.63) is 35.1 Å². The van der Waals surface area contributed by atoms with Crippen molar-refractivity contribution in [2.75, 3.05) is 0 Å². The molecule has 3 atom stereocenters. The molecule has 0 fully saturated rings. The number of rotatable bonds is 12. The Hall–Kier alpha value is -0.990. The van der Waals surface area contributed by atoms with E-state index in [1.807, 2.05) is 0 Å². The predicted molar refractivity (Wildman–Crippen MR) is 108 cm³/mol. The van der Waals surface area contributed by atoms with Crippen LogP contribution in [0.5, 0.6) is 0 Å². The molecule has 27 heavy (non-hydrogen) atoms. The normalized spacial score (nSPS) is 20.4. The molecule has 0 N–H and O–H groups in total.